The number of H-pyrrole nitrogens is 1. The van der Waals surface area contributed by atoms with Gasteiger partial charge in [-0.25, -0.2) is 14.3 Å². The van der Waals surface area contributed by atoms with Gasteiger partial charge in [-0.2, -0.15) is 5.26 Å². The summed E-state index contributed by atoms with van der Waals surface area (Å²) in [6, 6.07) is 20.5. The number of hydrogen-bond acceptors (Lipinski definition) is 5. The maximum Gasteiger partial charge on any atom is 0.347 e. The summed E-state index contributed by atoms with van der Waals surface area (Å²) >= 11 is 0. The van der Waals surface area contributed by atoms with Gasteiger partial charge < -0.3 is 4.42 Å². The van der Waals surface area contributed by atoms with Gasteiger partial charge in [0.2, 0.25) is 11.1 Å². The molecule has 0 aliphatic carbocycles. The van der Waals surface area contributed by atoms with E-state index in [-0.39, 0.29) is 16.7 Å². The third kappa shape index (κ3) is 2.93. The van der Waals surface area contributed by atoms with Crippen molar-refractivity contribution in [1.29, 1.82) is 5.26 Å². The van der Waals surface area contributed by atoms with E-state index in [0.29, 0.717) is 22.3 Å². The predicted octanol–water partition coefficient (Wildman–Crippen LogP) is 4.26. The molecule has 0 saturated heterocycles. The molecule has 0 unspecified atom stereocenters. The fourth-order valence-electron chi connectivity index (χ4n) is 3.79. The van der Waals surface area contributed by atoms with Crippen LogP contribution in [0.1, 0.15) is 19.4 Å². The Morgan fingerprint density at radius 3 is 2.41 bits per heavy atom. The Morgan fingerprint density at radius 1 is 1.00 bits per heavy atom. The van der Waals surface area contributed by atoms with Crippen molar-refractivity contribution in [2.24, 2.45) is 0 Å². The van der Waals surface area contributed by atoms with Gasteiger partial charge >= 0.3 is 5.69 Å². The Kier molecular flexibility index (Phi) is 4.31. The van der Waals surface area contributed by atoms with E-state index in [0.717, 1.165) is 11.1 Å². The van der Waals surface area contributed by atoms with Crippen molar-refractivity contribution in [3.8, 4) is 28.5 Å². The SMILES string of the molecule is CC(C)(C#N)c1ccc(-c2c(-c3ccccc3)oc3c(ccn4c(=O)[nH]nc34)c2=O)cc1. The molecule has 0 saturated carbocycles. The van der Waals surface area contributed by atoms with Crippen molar-refractivity contribution in [3.05, 3.63) is 93.1 Å². The minimum atomic E-state index is -0.645. The molecule has 32 heavy (non-hydrogen) atoms. The van der Waals surface area contributed by atoms with Crippen LogP contribution in [0.2, 0.25) is 0 Å². The molecule has 0 amide bonds. The van der Waals surface area contributed by atoms with Gasteiger partial charge in [0, 0.05) is 11.8 Å². The normalized spacial score (nSPS) is 11.7. The highest BCUT2D eigenvalue weighted by molar-refractivity contribution is 5.94. The van der Waals surface area contributed by atoms with Crippen LogP contribution in [0.3, 0.4) is 0 Å². The monoisotopic (exact) mass is 422 g/mol. The molecule has 0 fully saturated rings. The Hall–Kier alpha value is -4.44. The maximum absolute atomic E-state index is 13.7. The average molecular weight is 422 g/mol. The van der Waals surface area contributed by atoms with E-state index in [1.807, 2.05) is 68.4 Å². The summed E-state index contributed by atoms with van der Waals surface area (Å²) in [6.45, 7) is 3.69. The summed E-state index contributed by atoms with van der Waals surface area (Å²) in [7, 11) is 0. The zero-order chi connectivity index (χ0) is 22.5. The van der Waals surface area contributed by atoms with Crippen molar-refractivity contribution < 1.29 is 4.42 Å². The van der Waals surface area contributed by atoms with Gasteiger partial charge in [0.1, 0.15) is 5.76 Å². The highest BCUT2D eigenvalue weighted by atomic mass is 16.3. The van der Waals surface area contributed by atoms with Crippen LogP contribution in [-0.2, 0) is 5.41 Å². The molecule has 0 aliphatic rings. The first kappa shape index (κ1) is 19.5. The van der Waals surface area contributed by atoms with Gasteiger partial charge in [-0.15, -0.1) is 5.10 Å². The van der Waals surface area contributed by atoms with Crippen LogP contribution in [0.4, 0.5) is 0 Å². The lowest BCUT2D eigenvalue weighted by atomic mass is 9.85. The third-order valence-electron chi connectivity index (χ3n) is 5.66. The number of nitrogens with one attached hydrogen (secondary N) is 1. The minimum absolute atomic E-state index is 0.227. The van der Waals surface area contributed by atoms with E-state index in [2.05, 4.69) is 16.3 Å². The molecular formula is C25H18N4O3. The molecule has 0 bridgehead atoms. The fraction of sp³-hybridized carbons (Fsp3) is 0.120. The van der Waals surface area contributed by atoms with Gasteiger partial charge in [0.15, 0.2) is 5.58 Å². The highest BCUT2D eigenvalue weighted by Crippen LogP contribution is 2.34. The molecular weight excluding hydrogens is 404 g/mol. The number of nitrogens with zero attached hydrogens (tertiary/aromatic N) is 3. The smallest absolute Gasteiger partial charge is 0.347 e. The van der Waals surface area contributed by atoms with Crippen LogP contribution in [0.15, 0.2) is 80.9 Å². The van der Waals surface area contributed by atoms with Crippen LogP contribution in [-0.4, -0.2) is 14.6 Å². The van der Waals surface area contributed by atoms with Gasteiger partial charge in [-0.05, 0) is 31.0 Å². The van der Waals surface area contributed by atoms with Crippen LogP contribution < -0.4 is 11.1 Å². The minimum Gasteiger partial charge on any atom is -0.451 e. The molecule has 5 aromatic rings. The molecule has 2 aromatic carbocycles. The number of fused-ring (bicyclic) bond motifs is 3. The molecule has 0 radical (unpaired) electrons. The van der Waals surface area contributed by atoms with Crippen LogP contribution in [0.25, 0.3) is 39.1 Å². The highest BCUT2D eigenvalue weighted by Gasteiger charge is 2.23. The Bertz CT molecular complexity index is 1630. The number of nitriles is 1. The zero-order valence-corrected chi connectivity index (χ0v) is 17.4. The van der Waals surface area contributed by atoms with Crippen LogP contribution >= 0.6 is 0 Å². The Balaban J connectivity index is 1.85. The molecule has 5 rings (SSSR count). The zero-order valence-electron chi connectivity index (χ0n) is 17.4. The molecule has 0 atom stereocenters. The number of rotatable bonds is 3. The molecule has 7 nitrogen and oxygen atoms in total. The van der Waals surface area contributed by atoms with E-state index in [1.54, 1.807) is 6.07 Å². The lowest BCUT2D eigenvalue weighted by Gasteiger charge is -2.16. The maximum atomic E-state index is 13.7. The lowest BCUT2D eigenvalue weighted by Crippen LogP contribution is -2.14. The largest absolute Gasteiger partial charge is 0.451 e. The summed E-state index contributed by atoms with van der Waals surface area (Å²) in [5, 5.41) is 16.2. The van der Waals surface area contributed by atoms with Crippen molar-refractivity contribution in [3.63, 3.8) is 0 Å². The summed E-state index contributed by atoms with van der Waals surface area (Å²) in [5.74, 6) is 0.388. The first-order valence-electron chi connectivity index (χ1n) is 10.0. The van der Waals surface area contributed by atoms with Crippen molar-refractivity contribution in [1.82, 2.24) is 14.6 Å². The molecule has 3 heterocycles. The molecule has 1 N–H and O–H groups in total. The summed E-state index contributed by atoms with van der Waals surface area (Å²) in [6.07, 6.45) is 1.50. The number of aromatic nitrogens is 3. The standard InChI is InChI=1S/C25H18N4O3/c1-25(2,14-26)17-10-8-15(9-11-17)19-20(30)18-12-13-29-23(27-28-24(29)31)22(18)32-21(19)16-6-4-3-5-7-16/h3-13H,1-2H3,(H,28,31). The summed E-state index contributed by atoms with van der Waals surface area (Å²) in [5.41, 5.74) is 1.87. The predicted molar refractivity (Wildman–Crippen MR) is 121 cm³/mol. The lowest BCUT2D eigenvalue weighted by molar-refractivity contribution is 0.621. The van der Waals surface area contributed by atoms with Gasteiger partial charge in [-0.1, -0.05) is 54.6 Å². The molecule has 156 valence electrons. The Labute approximate surface area is 182 Å². The van der Waals surface area contributed by atoms with Crippen molar-refractivity contribution in [2.45, 2.75) is 19.3 Å². The number of pyridine rings is 1. The first-order chi connectivity index (χ1) is 15.4. The van der Waals surface area contributed by atoms with Crippen molar-refractivity contribution in [2.75, 3.05) is 0 Å². The molecule has 0 spiro atoms. The van der Waals surface area contributed by atoms with E-state index >= 15 is 0 Å². The fourth-order valence-corrected chi connectivity index (χ4v) is 3.79. The van der Waals surface area contributed by atoms with E-state index in [9.17, 15) is 14.9 Å². The Morgan fingerprint density at radius 2 is 1.72 bits per heavy atom. The number of benzene rings is 2. The van der Waals surface area contributed by atoms with E-state index in [1.165, 1.54) is 10.6 Å². The molecule has 0 aliphatic heterocycles. The second-order valence-electron chi connectivity index (χ2n) is 8.10. The second-order valence-corrected chi connectivity index (χ2v) is 8.10. The third-order valence-corrected chi connectivity index (χ3v) is 5.66. The quantitative estimate of drug-likeness (QED) is 0.468. The summed E-state index contributed by atoms with van der Waals surface area (Å²) in [4.78, 5) is 25.7. The molecule has 3 aromatic heterocycles. The van der Waals surface area contributed by atoms with Crippen LogP contribution in [0.5, 0.6) is 0 Å². The summed E-state index contributed by atoms with van der Waals surface area (Å²) < 4.78 is 7.57. The topological polar surface area (TPSA) is 104 Å². The molecule has 7 heteroatoms. The first-order valence-corrected chi connectivity index (χ1v) is 10.0. The number of aromatic amines is 1. The average Bonchev–Trinajstić information content (AvgIpc) is 3.21. The van der Waals surface area contributed by atoms with Crippen molar-refractivity contribution >= 4 is 16.6 Å². The van der Waals surface area contributed by atoms with Gasteiger partial charge in [0.05, 0.1) is 22.4 Å². The van der Waals surface area contributed by atoms with Gasteiger partial charge in [0.25, 0.3) is 0 Å². The second kappa shape index (κ2) is 7.06. The van der Waals surface area contributed by atoms with E-state index in [4.69, 9.17) is 4.42 Å². The number of hydrogen-bond donors (Lipinski definition) is 1. The van der Waals surface area contributed by atoms with Gasteiger partial charge in [-0.3, -0.25) is 4.79 Å². The van der Waals surface area contributed by atoms with Crippen LogP contribution in [0, 0.1) is 11.3 Å². The van der Waals surface area contributed by atoms with E-state index < -0.39 is 11.1 Å².